The van der Waals surface area contributed by atoms with Crippen molar-refractivity contribution in [3.8, 4) is 5.75 Å². The monoisotopic (exact) mass is 314 g/mol. The van der Waals surface area contributed by atoms with Crippen LogP contribution in [0.25, 0.3) is 0 Å². The minimum atomic E-state index is -0.544. The summed E-state index contributed by atoms with van der Waals surface area (Å²) in [6, 6.07) is 13.5. The maximum atomic E-state index is 11.9. The first kappa shape index (κ1) is 16.5. The van der Waals surface area contributed by atoms with Gasteiger partial charge in [-0.2, -0.15) is 0 Å². The lowest BCUT2D eigenvalue weighted by molar-refractivity contribution is -0.385. The molecule has 0 spiro atoms. The second-order valence-electron chi connectivity index (χ2n) is 5.34. The number of ether oxygens (including phenoxy) is 1. The predicted molar refractivity (Wildman–Crippen MR) is 87.8 cm³/mol. The minimum absolute atomic E-state index is 0.0720. The largest absolute Gasteiger partial charge is 0.477 e. The lowest BCUT2D eigenvalue weighted by Crippen LogP contribution is -2.20. The molecule has 0 radical (unpaired) electrons. The van der Waals surface area contributed by atoms with Crippen LogP contribution in [0.3, 0.4) is 0 Å². The Morgan fingerprint density at radius 1 is 1.17 bits per heavy atom. The van der Waals surface area contributed by atoms with E-state index in [9.17, 15) is 14.9 Å². The number of hydrogen-bond donors (Lipinski definition) is 1. The van der Waals surface area contributed by atoms with Gasteiger partial charge in [0.05, 0.1) is 4.92 Å². The van der Waals surface area contributed by atoms with Gasteiger partial charge in [-0.1, -0.05) is 38.1 Å². The van der Waals surface area contributed by atoms with Gasteiger partial charge < -0.3 is 10.1 Å². The summed E-state index contributed by atoms with van der Waals surface area (Å²) < 4.78 is 5.24. The molecule has 2 aromatic carbocycles. The van der Waals surface area contributed by atoms with E-state index in [1.165, 1.54) is 17.7 Å². The number of nitro benzene ring substituents is 1. The van der Waals surface area contributed by atoms with Crippen molar-refractivity contribution < 1.29 is 14.5 Å². The Labute approximate surface area is 134 Å². The molecular formula is C17H18N2O4. The lowest BCUT2D eigenvalue weighted by Gasteiger charge is -2.09. The topological polar surface area (TPSA) is 81.5 Å². The highest BCUT2D eigenvalue weighted by Crippen LogP contribution is 2.25. The summed E-state index contributed by atoms with van der Waals surface area (Å²) in [7, 11) is 0. The van der Waals surface area contributed by atoms with Crippen molar-refractivity contribution in [1.82, 2.24) is 0 Å². The second kappa shape index (κ2) is 7.40. The van der Waals surface area contributed by atoms with E-state index in [0.29, 0.717) is 11.6 Å². The van der Waals surface area contributed by atoms with Crippen LogP contribution >= 0.6 is 0 Å². The minimum Gasteiger partial charge on any atom is -0.477 e. The fourth-order valence-corrected chi connectivity index (χ4v) is 2.02. The van der Waals surface area contributed by atoms with Gasteiger partial charge in [0, 0.05) is 11.8 Å². The van der Waals surface area contributed by atoms with Crippen LogP contribution in [0.4, 0.5) is 11.4 Å². The van der Waals surface area contributed by atoms with Crippen LogP contribution in [0, 0.1) is 10.1 Å². The molecule has 0 aliphatic heterocycles. The zero-order valence-electron chi connectivity index (χ0n) is 13.0. The Balaban J connectivity index is 1.94. The third-order valence-corrected chi connectivity index (χ3v) is 3.28. The number of rotatable bonds is 6. The van der Waals surface area contributed by atoms with Crippen LogP contribution in [-0.2, 0) is 4.79 Å². The number of carbonyl (C=O) groups is 1. The summed E-state index contributed by atoms with van der Waals surface area (Å²) >= 11 is 0. The molecule has 0 saturated carbocycles. The molecule has 0 aliphatic rings. The van der Waals surface area contributed by atoms with Crippen LogP contribution in [0.2, 0.25) is 0 Å². The molecule has 1 N–H and O–H groups in total. The molecule has 0 aliphatic carbocycles. The number of carbonyl (C=O) groups excluding carboxylic acids is 1. The number of nitrogens with zero attached hydrogens (tertiary/aromatic N) is 1. The molecule has 6 heteroatoms. The summed E-state index contributed by atoms with van der Waals surface area (Å²) in [6.45, 7) is 3.89. The van der Waals surface area contributed by atoms with Gasteiger partial charge in [-0.3, -0.25) is 14.9 Å². The van der Waals surface area contributed by atoms with E-state index >= 15 is 0 Å². The molecular weight excluding hydrogens is 296 g/mol. The van der Waals surface area contributed by atoms with Crippen molar-refractivity contribution in [2.45, 2.75) is 19.8 Å². The molecule has 120 valence electrons. The van der Waals surface area contributed by atoms with Gasteiger partial charge in [0.1, 0.15) is 0 Å². The van der Waals surface area contributed by atoms with Gasteiger partial charge in [0.2, 0.25) is 0 Å². The van der Waals surface area contributed by atoms with E-state index < -0.39 is 4.92 Å². The molecule has 2 aromatic rings. The molecule has 0 fully saturated rings. The van der Waals surface area contributed by atoms with Crippen molar-refractivity contribution in [1.29, 1.82) is 0 Å². The number of amides is 1. The highest BCUT2D eigenvalue weighted by atomic mass is 16.6. The van der Waals surface area contributed by atoms with Gasteiger partial charge in [-0.15, -0.1) is 0 Å². The molecule has 0 atom stereocenters. The van der Waals surface area contributed by atoms with Crippen molar-refractivity contribution >= 4 is 17.3 Å². The van der Waals surface area contributed by atoms with E-state index in [-0.39, 0.29) is 24.0 Å². The molecule has 1 amide bonds. The molecule has 0 heterocycles. The first-order valence-electron chi connectivity index (χ1n) is 7.23. The quantitative estimate of drug-likeness (QED) is 0.650. The second-order valence-corrected chi connectivity index (χ2v) is 5.34. The SMILES string of the molecule is CC(C)c1ccc(NC(=O)COc2ccccc2[N+](=O)[O-])cc1. The standard InChI is InChI=1S/C17H18N2O4/c1-12(2)13-7-9-14(10-8-13)18-17(20)11-23-16-6-4-3-5-15(16)19(21)22/h3-10,12H,11H2,1-2H3,(H,18,20). The number of hydrogen-bond acceptors (Lipinski definition) is 4. The maximum Gasteiger partial charge on any atom is 0.310 e. The normalized spacial score (nSPS) is 10.4. The van der Waals surface area contributed by atoms with E-state index in [0.717, 1.165) is 0 Å². The molecule has 0 bridgehead atoms. The molecule has 0 unspecified atom stereocenters. The van der Waals surface area contributed by atoms with Crippen LogP contribution < -0.4 is 10.1 Å². The van der Waals surface area contributed by atoms with Crippen molar-refractivity contribution in [3.05, 3.63) is 64.2 Å². The van der Waals surface area contributed by atoms with E-state index in [1.807, 2.05) is 24.3 Å². The van der Waals surface area contributed by atoms with Crippen molar-refractivity contribution in [2.24, 2.45) is 0 Å². The molecule has 0 saturated heterocycles. The van der Waals surface area contributed by atoms with Crippen molar-refractivity contribution in [3.63, 3.8) is 0 Å². The number of nitro groups is 1. The maximum absolute atomic E-state index is 11.9. The van der Waals surface area contributed by atoms with Gasteiger partial charge >= 0.3 is 5.69 Å². The van der Waals surface area contributed by atoms with Crippen LogP contribution in [-0.4, -0.2) is 17.4 Å². The van der Waals surface area contributed by atoms with Gasteiger partial charge in [-0.25, -0.2) is 0 Å². The summed E-state index contributed by atoms with van der Waals surface area (Å²) in [5, 5.41) is 13.6. The highest BCUT2D eigenvalue weighted by molar-refractivity contribution is 5.91. The first-order valence-corrected chi connectivity index (χ1v) is 7.23. The Morgan fingerprint density at radius 2 is 1.83 bits per heavy atom. The Morgan fingerprint density at radius 3 is 2.43 bits per heavy atom. The van der Waals surface area contributed by atoms with Gasteiger partial charge in [0.25, 0.3) is 5.91 Å². The zero-order chi connectivity index (χ0) is 16.8. The third-order valence-electron chi connectivity index (χ3n) is 3.28. The Bertz CT molecular complexity index is 696. The summed E-state index contributed by atoms with van der Waals surface area (Å²) in [5.74, 6) is 0.116. The molecule has 6 nitrogen and oxygen atoms in total. The Kier molecular flexibility index (Phi) is 5.30. The third kappa shape index (κ3) is 4.54. The predicted octanol–water partition coefficient (Wildman–Crippen LogP) is 3.74. The number of para-hydroxylation sites is 2. The first-order chi connectivity index (χ1) is 11.0. The average Bonchev–Trinajstić information content (AvgIpc) is 2.53. The molecule has 0 aromatic heterocycles. The number of benzene rings is 2. The fourth-order valence-electron chi connectivity index (χ4n) is 2.02. The number of anilines is 1. The Hall–Kier alpha value is -2.89. The summed E-state index contributed by atoms with van der Waals surface area (Å²) in [6.07, 6.45) is 0. The van der Waals surface area contributed by atoms with Gasteiger partial charge in [0.15, 0.2) is 12.4 Å². The molecule has 23 heavy (non-hydrogen) atoms. The van der Waals surface area contributed by atoms with E-state index in [4.69, 9.17) is 4.74 Å². The van der Waals surface area contributed by atoms with Gasteiger partial charge in [-0.05, 0) is 29.7 Å². The van der Waals surface area contributed by atoms with E-state index in [1.54, 1.807) is 12.1 Å². The zero-order valence-corrected chi connectivity index (χ0v) is 13.0. The highest BCUT2D eigenvalue weighted by Gasteiger charge is 2.14. The van der Waals surface area contributed by atoms with Crippen LogP contribution in [0.1, 0.15) is 25.3 Å². The smallest absolute Gasteiger partial charge is 0.310 e. The van der Waals surface area contributed by atoms with Crippen LogP contribution in [0.15, 0.2) is 48.5 Å². The lowest BCUT2D eigenvalue weighted by atomic mass is 10.0. The summed E-state index contributed by atoms with van der Waals surface area (Å²) in [5.41, 5.74) is 1.67. The fraction of sp³-hybridized carbons (Fsp3) is 0.235. The average molecular weight is 314 g/mol. The number of nitrogens with one attached hydrogen (secondary N) is 1. The van der Waals surface area contributed by atoms with Crippen LogP contribution in [0.5, 0.6) is 5.75 Å². The molecule has 2 rings (SSSR count). The summed E-state index contributed by atoms with van der Waals surface area (Å²) in [4.78, 5) is 22.2. The van der Waals surface area contributed by atoms with Crippen molar-refractivity contribution in [2.75, 3.05) is 11.9 Å². The van der Waals surface area contributed by atoms with E-state index in [2.05, 4.69) is 19.2 Å².